The number of nitrogens with zero attached hydrogens (tertiary/aromatic N) is 2. The smallest absolute Gasteiger partial charge is 0.308 e. The number of oxime groups is 1. The molecule has 1 aromatic heterocycles. The van der Waals surface area contributed by atoms with Crippen LogP contribution in [0.15, 0.2) is 41.7 Å². The minimum atomic E-state index is -1.44. The summed E-state index contributed by atoms with van der Waals surface area (Å²) in [7, 11) is 0. The molecule has 0 saturated heterocycles. The summed E-state index contributed by atoms with van der Waals surface area (Å²) < 4.78 is 18.3. The van der Waals surface area contributed by atoms with Gasteiger partial charge in [0, 0.05) is 23.9 Å². The van der Waals surface area contributed by atoms with E-state index in [2.05, 4.69) is 15.5 Å². The van der Waals surface area contributed by atoms with Gasteiger partial charge in [0.15, 0.2) is 5.78 Å². The number of hydrogen-bond donors (Lipinski definition) is 1. The van der Waals surface area contributed by atoms with Crippen molar-refractivity contribution in [3.05, 3.63) is 42.2 Å². The molecule has 0 spiro atoms. The second-order valence-electron chi connectivity index (χ2n) is 9.14. The van der Waals surface area contributed by atoms with Gasteiger partial charge in [-0.05, 0) is 17.4 Å². The molecule has 182 valence electrons. The maximum Gasteiger partial charge on any atom is 0.308 e. The molecule has 1 amide bonds. The van der Waals surface area contributed by atoms with Crippen LogP contribution in [-0.2, 0) is 24.0 Å². The summed E-state index contributed by atoms with van der Waals surface area (Å²) >= 11 is 0. The van der Waals surface area contributed by atoms with E-state index >= 15 is 0 Å². The zero-order valence-corrected chi connectivity index (χ0v) is 19.8. The summed E-state index contributed by atoms with van der Waals surface area (Å²) in [6, 6.07) is 8.18. The molecular weight excluding hydrogens is 441 g/mol. The van der Waals surface area contributed by atoms with Crippen LogP contribution >= 0.6 is 0 Å². The molecule has 1 aliphatic rings. The summed E-state index contributed by atoms with van der Waals surface area (Å²) in [6.45, 7) is 6.16. The number of alkyl halides is 1. The molecule has 34 heavy (non-hydrogen) atoms. The number of esters is 1. The van der Waals surface area contributed by atoms with Crippen LogP contribution in [0.25, 0.3) is 10.8 Å². The highest BCUT2D eigenvalue weighted by Gasteiger charge is 2.51. The number of halogens is 1. The molecule has 1 aromatic carbocycles. The number of carbonyl (C=O) groups is 3. The SMILES string of the molecule is CC(C)COC(=O)C[C@H](NC(=O)[C@]1(C(C)C)CC(c2nccc3ccccc23)=NO1)C(=O)CF. The number of rotatable bonds is 10. The van der Waals surface area contributed by atoms with E-state index in [1.807, 2.05) is 44.2 Å². The van der Waals surface area contributed by atoms with Crippen LogP contribution in [0, 0.1) is 11.8 Å². The second-order valence-corrected chi connectivity index (χ2v) is 9.14. The van der Waals surface area contributed by atoms with Gasteiger partial charge in [0.25, 0.3) is 5.91 Å². The zero-order chi connectivity index (χ0) is 24.9. The van der Waals surface area contributed by atoms with E-state index in [9.17, 15) is 18.8 Å². The van der Waals surface area contributed by atoms with Gasteiger partial charge in [0.2, 0.25) is 5.60 Å². The minimum Gasteiger partial charge on any atom is -0.465 e. The van der Waals surface area contributed by atoms with Crippen LogP contribution in [0.5, 0.6) is 0 Å². The highest BCUT2D eigenvalue weighted by Crippen LogP contribution is 2.35. The first kappa shape index (κ1) is 25.3. The summed E-state index contributed by atoms with van der Waals surface area (Å²) in [6.07, 6.45) is 1.30. The van der Waals surface area contributed by atoms with Crippen LogP contribution in [-0.4, -0.2) is 53.3 Å². The van der Waals surface area contributed by atoms with Gasteiger partial charge in [0.1, 0.15) is 18.4 Å². The highest BCUT2D eigenvalue weighted by atomic mass is 19.1. The molecular formula is C25H30FN3O5. The van der Waals surface area contributed by atoms with E-state index in [1.165, 1.54) is 0 Å². The first-order chi connectivity index (χ1) is 16.2. The predicted molar refractivity (Wildman–Crippen MR) is 125 cm³/mol. The van der Waals surface area contributed by atoms with Crippen molar-refractivity contribution >= 4 is 34.1 Å². The molecule has 0 bridgehead atoms. The van der Waals surface area contributed by atoms with Crippen LogP contribution in [0.2, 0.25) is 0 Å². The monoisotopic (exact) mass is 471 g/mol. The van der Waals surface area contributed by atoms with Crippen molar-refractivity contribution in [1.29, 1.82) is 0 Å². The molecule has 2 atom stereocenters. The largest absolute Gasteiger partial charge is 0.465 e. The third kappa shape index (κ3) is 5.40. The Morgan fingerprint density at radius 2 is 1.91 bits per heavy atom. The van der Waals surface area contributed by atoms with Crippen molar-refractivity contribution in [2.75, 3.05) is 13.3 Å². The number of nitrogens with one attached hydrogen (secondary N) is 1. The fraction of sp³-hybridized carbons (Fsp3) is 0.480. The van der Waals surface area contributed by atoms with Crippen molar-refractivity contribution < 1.29 is 28.3 Å². The lowest BCUT2D eigenvalue weighted by atomic mass is 9.83. The highest BCUT2D eigenvalue weighted by molar-refractivity contribution is 6.12. The Kier molecular flexibility index (Phi) is 7.96. The zero-order valence-electron chi connectivity index (χ0n) is 19.8. The van der Waals surface area contributed by atoms with Crippen molar-refractivity contribution in [2.24, 2.45) is 17.0 Å². The molecule has 1 aliphatic heterocycles. The Hall–Kier alpha value is -3.36. The number of amides is 1. The van der Waals surface area contributed by atoms with E-state index in [0.29, 0.717) is 11.4 Å². The molecule has 8 nitrogen and oxygen atoms in total. The Labute approximate surface area is 197 Å². The summed E-state index contributed by atoms with van der Waals surface area (Å²) in [5, 5.41) is 8.52. The first-order valence-electron chi connectivity index (χ1n) is 11.3. The Balaban J connectivity index is 1.80. The van der Waals surface area contributed by atoms with Gasteiger partial charge >= 0.3 is 5.97 Å². The van der Waals surface area contributed by atoms with E-state index in [0.717, 1.165) is 10.8 Å². The van der Waals surface area contributed by atoms with E-state index in [1.54, 1.807) is 20.0 Å². The minimum absolute atomic E-state index is 0.100. The number of aromatic nitrogens is 1. The number of carbonyl (C=O) groups excluding carboxylic acids is 3. The van der Waals surface area contributed by atoms with Gasteiger partial charge < -0.3 is 14.9 Å². The van der Waals surface area contributed by atoms with Gasteiger partial charge in [-0.3, -0.25) is 19.4 Å². The fourth-order valence-corrected chi connectivity index (χ4v) is 3.72. The van der Waals surface area contributed by atoms with Crippen molar-refractivity contribution in [2.45, 2.75) is 52.2 Å². The van der Waals surface area contributed by atoms with E-state index < -0.39 is 42.4 Å². The molecule has 0 unspecified atom stereocenters. The van der Waals surface area contributed by atoms with Crippen molar-refractivity contribution in [3.63, 3.8) is 0 Å². The molecule has 3 rings (SSSR count). The first-order valence-corrected chi connectivity index (χ1v) is 11.3. The molecule has 0 aliphatic carbocycles. The lowest BCUT2D eigenvalue weighted by molar-refractivity contribution is -0.153. The van der Waals surface area contributed by atoms with E-state index in [4.69, 9.17) is 9.57 Å². The molecule has 0 saturated carbocycles. The van der Waals surface area contributed by atoms with Crippen LogP contribution < -0.4 is 5.32 Å². The number of fused-ring (bicyclic) bond motifs is 1. The maximum atomic E-state index is 13.4. The quantitative estimate of drug-likeness (QED) is 0.533. The third-order valence-electron chi connectivity index (χ3n) is 5.79. The van der Waals surface area contributed by atoms with E-state index in [-0.39, 0.29) is 24.9 Å². The summed E-state index contributed by atoms with van der Waals surface area (Å²) in [5.74, 6) is -2.50. The van der Waals surface area contributed by atoms with Crippen molar-refractivity contribution in [1.82, 2.24) is 10.3 Å². The third-order valence-corrected chi connectivity index (χ3v) is 5.79. The molecule has 9 heteroatoms. The van der Waals surface area contributed by atoms with Crippen molar-refractivity contribution in [3.8, 4) is 0 Å². The second kappa shape index (κ2) is 10.7. The predicted octanol–water partition coefficient (Wildman–Crippen LogP) is 3.37. The molecule has 0 fully saturated rings. The molecule has 0 radical (unpaired) electrons. The van der Waals surface area contributed by atoms with Gasteiger partial charge in [0.05, 0.1) is 18.7 Å². The van der Waals surface area contributed by atoms with Gasteiger partial charge in [-0.2, -0.15) is 0 Å². The Morgan fingerprint density at radius 3 is 2.59 bits per heavy atom. The number of ketones is 1. The fourth-order valence-electron chi connectivity index (χ4n) is 3.72. The topological polar surface area (TPSA) is 107 Å². The number of Topliss-reactive ketones (excluding diaryl/α,β-unsaturated/α-hetero) is 1. The molecule has 1 N–H and O–H groups in total. The maximum absolute atomic E-state index is 13.4. The van der Waals surface area contributed by atoms with Gasteiger partial charge in [-0.25, -0.2) is 4.39 Å². The van der Waals surface area contributed by atoms with Gasteiger partial charge in [-0.1, -0.05) is 57.1 Å². The van der Waals surface area contributed by atoms with Crippen LogP contribution in [0.1, 0.15) is 46.2 Å². The molecule has 2 aromatic rings. The Bertz CT molecular complexity index is 1100. The Morgan fingerprint density at radius 1 is 1.18 bits per heavy atom. The number of benzene rings is 1. The number of ether oxygens (including phenoxy) is 1. The average Bonchev–Trinajstić information content (AvgIpc) is 3.28. The standard InChI is InChI=1S/C25H30FN3O5/c1-15(2)14-33-22(31)11-19(21(30)13-26)28-24(32)25(16(3)4)12-20(29-34-25)23-18-8-6-5-7-17(18)9-10-27-23/h5-10,15-16,19H,11-14H2,1-4H3,(H,28,32)/t19-,25+/m0/s1. The van der Waals surface area contributed by atoms with Gasteiger partial charge in [-0.15, -0.1) is 0 Å². The van der Waals surface area contributed by atoms with Crippen LogP contribution in [0.4, 0.5) is 4.39 Å². The summed E-state index contributed by atoms with van der Waals surface area (Å²) in [5.41, 5.74) is -0.350. The molecule has 2 heterocycles. The lowest BCUT2D eigenvalue weighted by Crippen LogP contribution is -2.55. The average molecular weight is 472 g/mol. The normalized spacial score (nSPS) is 18.5. The number of pyridine rings is 1. The number of hydrogen-bond acceptors (Lipinski definition) is 7. The summed E-state index contributed by atoms with van der Waals surface area (Å²) in [4.78, 5) is 47.8. The van der Waals surface area contributed by atoms with Crippen LogP contribution in [0.3, 0.4) is 0 Å². The lowest BCUT2D eigenvalue weighted by Gasteiger charge is -2.30.